The predicted molar refractivity (Wildman–Crippen MR) is 66.2 cm³/mol. The van der Waals surface area contributed by atoms with Crippen LogP contribution in [0.15, 0.2) is 60.7 Å². The summed E-state index contributed by atoms with van der Waals surface area (Å²) in [5.41, 5.74) is 0. The average molecular weight is 264 g/mol. The molecule has 0 unspecified atom stereocenters. The van der Waals surface area contributed by atoms with Gasteiger partial charge in [0.1, 0.15) is 0 Å². The van der Waals surface area contributed by atoms with E-state index in [0.717, 1.165) is 0 Å². The van der Waals surface area contributed by atoms with Gasteiger partial charge in [0.05, 0.1) is 0 Å². The molecule has 0 aliphatic carbocycles. The van der Waals surface area contributed by atoms with Crippen LogP contribution in [-0.4, -0.2) is 14.2 Å². The molecule has 0 bridgehead atoms. The maximum absolute atomic E-state index is 5.82. The summed E-state index contributed by atoms with van der Waals surface area (Å²) in [6.07, 6.45) is 0. The van der Waals surface area contributed by atoms with Gasteiger partial charge in [-0.05, 0) is 0 Å². The van der Waals surface area contributed by atoms with Gasteiger partial charge in [0.2, 0.25) is 0 Å². The topological polar surface area (TPSA) is 18.5 Å². The standard InChI is InChI=1S/2C6H5.2CH3O.Ti/c2*1-2-4-6-5-3-1;2*1-2;/h2*1-5H;2*1H3;/q;;2*-1;+2. The van der Waals surface area contributed by atoms with Crippen molar-refractivity contribution in [2.75, 3.05) is 14.2 Å². The minimum absolute atomic E-state index is 1.17. The molecule has 0 aliphatic rings. The third-order valence-corrected chi connectivity index (χ3v) is 8.09. The van der Waals surface area contributed by atoms with Gasteiger partial charge in [-0.3, -0.25) is 0 Å². The quantitative estimate of drug-likeness (QED) is 0.785. The maximum atomic E-state index is 5.82. The molecule has 2 aromatic carbocycles. The molecule has 2 aromatic rings. The van der Waals surface area contributed by atoms with Crippen LogP contribution in [0, 0.1) is 0 Å². The van der Waals surface area contributed by atoms with E-state index in [1.165, 1.54) is 7.74 Å². The average Bonchev–Trinajstić information content (AvgIpc) is 2.43. The van der Waals surface area contributed by atoms with Gasteiger partial charge in [-0.15, -0.1) is 0 Å². The van der Waals surface area contributed by atoms with Crippen LogP contribution >= 0.6 is 0 Å². The molecule has 0 saturated carbocycles. The van der Waals surface area contributed by atoms with Crippen molar-refractivity contribution < 1.29 is 24.0 Å². The third kappa shape index (κ3) is 2.36. The van der Waals surface area contributed by atoms with Gasteiger partial charge < -0.3 is 0 Å². The Labute approximate surface area is 107 Å². The Kier molecular flexibility index (Phi) is 4.13. The van der Waals surface area contributed by atoms with Crippen molar-refractivity contribution in [2.24, 2.45) is 0 Å². The number of benzene rings is 2. The summed E-state index contributed by atoms with van der Waals surface area (Å²) in [6.45, 7) is 0. The van der Waals surface area contributed by atoms with Gasteiger partial charge in [0.25, 0.3) is 0 Å². The molecule has 0 saturated heterocycles. The molecule has 0 N–H and O–H groups in total. The van der Waals surface area contributed by atoms with Crippen molar-refractivity contribution in [3.63, 3.8) is 0 Å². The van der Waals surface area contributed by atoms with E-state index in [4.69, 9.17) is 6.64 Å². The van der Waals surface area contributed by atoms with Crippen molar-refractivity contribution in [1.29, 1.82) is 0 Å². The first-order valence-electron chi connectivity index (χ1n) is 5.55. The number of hydrogen-bond acceptors (Lipinski definition) is 2. The second-order valence-corrected chi connectivity index (χ2v) is 8.76. The van der Waals surface area contributed by atoms with Gasteiger partial charge >= 0.3 is 107 Å². The van der Waals surface area contributed by atoms with Gasteiger partial charge in [0.15, 0.2) is 0 Å². The molecule has 3 heteroatoms. The zero-order valence-electron chi connectivity index (χ0n) is 10.1. The SMILES string of the molecule is C[O][Ti]([O]C)([c]1ccccc1)[c]1ccccc1. The molecule has 17 heavy (non-hydrogen) atoms. The van der Waals surface area contributed by atoms with Crippen LogP contribution in [0.4, 0.5) is 0 Å². The first-order chi connectivity index (χ1) is 8.33. The molecule has 0 fully saturated rings. The fraction of sp³-hybridized carbons (Fsp3) is 0.143. The normalized spacial score (nSPS) is 11.4. The molecule has 0 spiro atoms. The summed E-state index contributed by atoms with van der Waals surface area (Å²) >= 11 is -3.08. The minimum atomic E-state index is -3.08. The van der Waals surface area contributed by atoms with E-state index < -0.39 is 17.4 Å². The molecule has 88 valence electrons. The fourth-order valence-electron chi connectivity index (χ4n) is 2.04. The summed E-state index contributed by atoms with van der Waals surface area (Å²) in [7, 11) is 3.48. The molecular weight excluding hydrogens is 248 g/mol. The van der Waals surface area contributed by atoms with Crippen molar-refractivity contribution in [3.05, 3.63) is 60.7 Å². The summed E-state index contributed by atoms with van der Waals surface area (Å²) < 4.78 is 14.0. The summed E-state index contributed by atoms with van der Waals surface area (Å²) in [4.78, 5) is 0. The molecule has 0 radical (unpaired) electrons. The van der Waals surface area contributed by atoms with Crippen LogP contribution in [0.25, 0.3) is 0 Å². The first kappa shape index (κ1) is 12.5. The summed E-state index contributed by atoms with van der Waals surface area (Å²) in [5, 5.41) is 0. The summed E-state index contributed by atoms with van der Waals surface area (Å²) in [5.74, 6) is 0. The van der Waals surface area contributed by atoms with Crippen LogP contribution in [-0.2, 0) is 24.0 Å². The Hall–Kier alpha value is -0.926. The van der Waals surface area contributed by atoms with Gasteiger partial charge in [-0.25, -0.2) is 0 Å². The van der Waals surface area contributed by atoms with E-state index >= 15 is 0 Å². The van der Waals surface area contributed by atoms with Crippen LogP contribution < -0.4 is 7.74 Å². The van der Waals surface area contributed by atoms with Crippen molar-refractivity contribution in [3.8, 4) is 0 Å². The number of rotatable bonds is 4. The summed E-state index contributed by atoms with van der Waals surface area (Å²) in [6, 6.07) is 20.4. The van der Waals surface area contributed by atoms with E-state index in [2.05, 4.69) is 24.3 Å². The molecule has 2 nitrogen and oxygen atoms in total. The van der Waals surface area contributed by atoms with Crippen LogP contribution in [0.5, 0.6) is 0 Å². The van der Waals surface area contributed by atoms with E-state index in [-0.39, 0.29) is 0 Å². The van der Waals surface area contributed by atoms with Gasteiger partial charge in [-0.1, -0.05) is 0 Å². The zero-order valence-corrected chi connectivity index (χ0v) is 11.7. The first-order valence-corrected chi connectivity index (χ1v) is 8.38. The molecule has 0 aromatic heterocycles. The van der Waals surface area contributed by atoms with E-state index in [1.807, 2.05) is 36.4 Å². The fourth-order valence-corrected chi connectivity index (χ4v) is 6.26. The van der Waals surface area contributed by atoms with Gasteiger partial charge in [0, 0.05) is 0 Å². The van der Waals surface area contributed by atoms with E-state index in [1.54, 1.807) is 14.2 Å². The monoisotopic (exact) mass is 264 g/mol. The Morgan fingerprint density at radius 1 is 0.647 bits per heavy atom. The molecule has 2 rings (SSSR count). The Bertz CT molecular complexity index is 411. The van der Waals surface area contributed by atoms with E-state index in [9.17, 15) is 0 Å². The zero-order chi connectivity index (χ0) is 12.1. The van der Waals surface area contributed by atoms with Crippen LogP contribution in [0.1, 0.15) is 0 Å². The van der Waals surface area contributed by atoms with Crippen molar-refractivity contribution >= 4 is 7.74 Å². The predicted octanol–water partition coefficient (Wildman–Crippen LogP) is 1.91. The molecule has 0 amide bonds. The molecule has 0 atom stereocenters. The second-order valence-electron chi connectivity index (χ2n) is 3.76. The second kappa shape index (κ2) is 5.61. The number of hydrogen-bond donors (Lipinski definition) is 0. The van der Waals surface area contributed by atoms with Crippen molar-refractivity contribution in [1.82, 2.24) is 0 Å². The molecule has 0 heterocycles. The Morgan fingerprint density at radius 3 is 1.29 bits per heavy atom. The van der Waals surface area contributed by atoms with E-state index in [0.29, 0.717) is 0 Å². The van der Waals surface area contributed by atoms with Crippen LogP contribution in [0.3, 0.4) is 0 Å². The molecule has 0 aliphatic heterocycles. The molecular formula is C14H16O2Ti. The Morgan fingerprint density at radius 2 is 1.00 bits per heavy atom. The van der Waals surface area contributed by atoms with Crippen LogP contribution in [0.2, 0.25) is 0 Å². The Balaban J connectivity index is 2.54. The third-order valence-electron chi connectivity index (χ3n) is 2.88. The van der Waals surface area contributed by atoms with Crippen molar-refractivity contribution in [2.45, 2.75) is 0 Å². The van der Waals surface area contributed by atoms with Gasteiger partial charge in [-0.2, -0.15) is 0 Å².